The molecule has 0 bridgehead atoms. The van der Waals surface area contributed by atoms with Crippen molar-refractivity contribution >= 4 is 0 Å². The Hall–Kier alpha value is -0.120. The molecular weight excluding hydrogens is 180 g/mol. The summed E-state index contributed by atoms with van der Waals surface area (Å²) in [4.78, 5) is 0. The topological polar surface area (TPSA) is 49.7 Å². The van der Waals surface area contributed by atoms with E-state index in [1.54, 1.807) is 0 Å². The standard InChI is InChI=1S/C11H24O3/c1-5-11(8-12,9-13)6-7-14-10(2,3)4/h12-13H,5-9H2,1-4H3. The molecule has 86 valence electrons. The molecular formula is C11H24O3. The fourth-order valence-electron chi connectivity index (χ4n) is 1.18. The van der Waals surface area contributed by atoms with Gasteiger partial charge in [-0.1, -0.05) is 6.92 Å². The molecule has 0 rings (SSSR count). The first kappa shape index (κ1) is 13.9. The molecule has 0 aliphatic heterocycles. The molecule has 2 N–H and O–H groups in total. The van der Waals surface area contributed by atoms with Crippen LogP contribution in [0.25, 0.3) is 0 Å². The van der Waals surface area contributed by atoms with Crippen LogP contribution in [0.4, 0.5) is 0 Å². The lowest BCUT2D eigenvalue weighted by atomic mass is 9.84. The van der Waals surface area contributed by atoms with Crippen LogP contribution in [0, 0.1) is 5.41 Å². The summed E-state index contributed by atoms with van der Waals surface area (Å²) in [6.45, 7) is 8.60. The fraction of sp³-hybridized carbons (Fsp3) is 1.00. The van der Waals surface area contributed by atoms with Crippen molar-refractivity contribution in [3.8, 4) is 0 Å². The third-order valence-electron chi connectivity index (χ3n) is 2.59. The van der Waals surface area contributed by atoms with E-state index < -0.39 is 0 Å². The lowest BCUT2D eigenvalue weighted by Gasteiger charge is -2.30. The molecule has 14 heavy (non-hydrogen) atoms. The Morgan fingerprint density at radius 3 is 1.86 bits per heavy atom. The zero-order chi connectivity index (χ0) is 11.2. The van der Waals surface area contributed by atoms with Crippen LogP contribution in [0.15, 0.2) is 0 Å². The molecule has 0 heterocycles. The van der Waals surface area contributed by atoms with Crippen molar-refractivity contribution in [2.45, 2.75) is 46.1 Å². The Kier molecular flexibility index (Phi) is 5.64. The number of hydrogen-bond donors (Lipinski definition) is 2. The van der Waals surface area contributed by atoms with E-state index >= 15 is 0 Å². The highest BCUT2D eigenvalue weighted by atomic mass is 16.5. The van der Waals surface area contributed by atoms with Crippen LogP contribution < -0.4 is 0 Å². The predicted molar refractivity (Wildman–Crippen MR) is 57.2 cm³/mol. The summed E-state index contributed by atoms with van der Waals surface area (Å²) in [7, 11) is 0. The average Bonchev–Trinajstić information content (AvgIpc) is 2.11. The molecule has 0 aromatic rings. The highest BCUT2D eigenvalue weighted by molar-refractivity contribution is 4.76. The first-order valence-electron chi connectivity index (χ1n) is 5.25. The van der Waals surface area contributed by atoms with E-state index in [2.05, 4.69) is 0 Å². The van der Waals surface area contributed by atoms with Crippen molar-refractivity contribution in [3.05, 3.63) is 0 Å². The smallest absolute Gasteiger partial charge is 0.0598 e. The Bertz CT molecular complexity index is 137. The highest BCUT2D eigenvalue weighted by Gasteiger charge is 2.26. The van der Waals surface area contributed by atoms with Gasteiger partial charge in [0.15, 0.2) is 0 Å². The molecule has 3 nitrogen and oxygen atoms in total. The summed E-state index contributed by atoms with van der Waals surface area (Å²) in [6.07, 6.45) is 1.47. The minimum absolute atomic E-state index is 0.0213. The molecule has 0 aromatic carbocycles. The van der Waals surface area contributed by atoms with Gasteiger partial charge in [0, 0.05) is 12.0 Å². The van der Waals surface area contributed by atoms with Gasteiger partial charge in [0.05, 0.1) is 18.8 Å². The zero-order valence-electron chi connectivity index (χ0n) is 9.84. The summed E-state index contributed by atoms with van der Waals surface area (Å²) >= 11 is 0. The molecule has 0 aliphatic carbocycles. The normalized spacial score (nSPS) is 13.3. The maximum Gasteiger partial charge on any atom is 0.0598 e. The largest absolute Gasteiger partial charge is 0.396 e. The van der Waals surface area contributed by atoms with Crippen LogP contribution in [0.3, 0.4) is 0 Å². The van der Waals surface area contributed by atoms with Gasteiger partial charge in [-0.25, -0.2) is 0 Å². The van der Waals surface area contributed by atoms with Gasteiger partial charge >= 0.3 is 0 Å². The molecule has 0 aliphatic rings. The number of hydrogen-bond acceptors (Lipinski definition) is 3. The third-order valence-corrected chi connectivity index (χ3v) is 2.59. The van der Waals surface area contributed by atoms with Crippen molar-refractivity contribution in [1.82, 2.24) is 0 Å². The van der Waals surface area contributed by atoms with Crippen LogP contribution in [0.1, 0.15) is 40.5 Å². The van der Waals surface area contributed by atoms with Crippen LogP contribution in [0.5, 0.6) is 0 Å². The zero-order valence-corrected chi connectivity index (χ0v) is 9.84. The molecule has 0 radical (unpaired) electrons. The van der Waals surface area contributed by atoms with E-state index in [-0.39, 0.29) is 24.2 Å². The molecule has 0 spiro atoms. The summed E-state index contributed by atoms with van der Waals surface area (Å²) in [5.74, 6) is 0. The summed E-state index contributed by atoms with van der Waals surface area (Å²) < 4.78 is 5.57. The van der Waals surface area contributed by atoms with Gasteiger partial charge in [-0.15, -0.1) is 0 Å². The van der Waals surface area contributed by atoms with Gasteiger partial charge in [-0.3, -0.25) is 0 Å². The second-order valence-electron chi connectivity index (χ2n) is 4.88. The van der Waals surface area contributed by atoms with Crippen molar-refractivity contribution in [3.63, 3.8) is 0 Å². The van der Waals surface area contributed by atoms with Gasteiger partial charge in [-0.05, 0) is 33.6 Å². The molecule has 0 saturated heterocycles. The van der Waals surface area contributed by atoms with Crippen LogP contribution in [-0.4, -0.2) is 35.6 Å². The monoisotopic (exact) mass is 204 g/mol. The maximum absolute atomic E-state index is 9.19. The van der Waals surface area contributed by atoms with Gasteiger partial charge in [-0.2, -0.15) is 0 Å². The predicted octanol–water partition coefficient (Wildman–Crippen LogP) is 1.57. The number of aliphatic hydroxyl groups is 2. The van der Waals surface area contributed by atoms with Crippen molar-refractivity contribution < 1.29 is 14.9 Å². The van der Waals surface area contributed by atoms with Crippen molar-refractivity contribution in [2.24, 2.45) is 5.41 Å². The summed E-state index contributed by atoms with van der Waals surface area (Å²) in [6, 6.07) is 0. The third kappa shape index (κ3) is 4.94. The van der Waals surface area contributed by atoms with Crippen molar-refractivity contribution in [1.29, 1.82) is 0 Å². The van der Waals surface area contributed by atoms with E-state index in [1.807, 2.05) is 27.7 Å². The van der Waals surface area contributed by atoms with E-state index in [4.69, 9.17) is 4.74 Å². The van der Waals surface area contributed by atoms with Crippen LogP contribution in [0.2, 0.25) is 0 Å². The molecule has 0 atom stereocenters. The Morgan fingerprint density at radius 1 is 1.07 bits per heavy atom. The SMILES string of the molecule is CCC(CO)(CO)CCOC(C)(C)C. The Balaban J connectivity index is 3.95. The highest BCUT2D eigenvalue weighted by Crippen LogP contribution is 2.25. The molecule has 0 amide bonds. The second kappa shape index (κ2) is 5.69. The number of aliphatic hydroxyl groups excluding tert-OH is 2. The number of rotatable bonds is 6. The number of ether oxygens (including phenoxy) is 1. The Labute approximate surface area is 87.1 Å². The fourth-order valence-corrected chi connectivity index (χ4v) is 1.18. The molecule has 3 heteroatoms. The maximum atomic E-state index is 9.19. The van der Waals surface area contributed by atoms with Crippen LogP contribution >= 0.6 is 0 Å². The van der Waals surface area contributed by atoms with E-state index in [1.165, 1.54) is 0 Å². The van der Waals surface area contributed by atoms with Crippen LogP contribution in [-0.2, 0) is 4.74 Å². The quantitative estimate of drug-likeness (QED) is 0.690. The lowest BCUT2D eigenvalue weighted by Crippen LogP contribution is -2.32. The summed E-state index contributed by atoms with van der Waals surface area (Å²) in [5, 5.41) is 18.4. The molecule has 0 saturated carbocycles. The van der Waals surface area contributed by atoms with Gasteiger partial charge in [0.1, 0.15) is 0 Å². The van der Waals surface area contributed by atoms with E-state index in [0.29, 0.717) is 13.0 Å². The van der Waals surface area contributed by atoms with E-state index in [9.17, 15) is 10.2 Å². The van der Waals surface area contributed by atoms with Crippen molar-refractivity contribution in [2.75, 3.05) is 19.8 Å². The second-order valence-corrected chi connectivity index (χ2v) is 4.88. The minimum atomic E-state index is -0.370. The minimum Gasteiger partial charge on any atom is -0.396 e. The molecule has 0 unspecified atom stereocenters. The molecule has 0 aromatic heterocycles. The van der Waals surface area contributed by atoms with Gasteiger partial charge in [0.2, 0.25) is 0 Å². The molecule has 0 fully saturated rings. The Morgan fingerprint density at radius 2 is 1.57 bits per heavy atom. The first-order valence-corrected chi connectivity index (χ1v) is 5.25. The van der Waals surface area contributed by atoms with Gasteiger partial charge in [0.25, 0.3) is 0 Å². The van der Waals surface area contributed by atoms with Gasteiger partial charge < -0.3 is 14.9 Å². The first-order chi connectivity index (χ1) is 6.39. The average molecular weight is 204 g/mol. The summed E-state index contributed by atoms with van der Waals surface area (Å²) in [5.41, 5.74) is -0.518. The lowest BCUT2D eigenvalue weighted by molar-refractivity contribution is -0.0398. The van der Waals surface area contributed by atoms with E-state index in [0.717, 1.165) is 6.42 Å².